The molecule has 0 unspecified atom stereocenters. The van der Waals surface area contributed by atoms with E-state index in [2.05, 4.69) is 19.2 Å². The number of amides is 1. The maximum absolute atomic E-state index is 13.9. The number of hydrogen-bond acceptors (Lipinski definition) is 4. The molecule has 0 fully saturated rings. The fourth-order valence-corrected chi connectivity index (χ4v) is 5.30. The van der Waals surface area contributed by atoms with E-state index < -0.39 is 44.4 Å². The van der Waals surface area contributed by atoms with Crippen molar-refractivity contribution in [3.05, 3.63) is 87.3 Å². The maximum Gasteiger partial charge on any atom is 0.270 e. The summed E-state index contributed by atoms with van der Waals surface area (Å²) in [6, 6.07) is 10.6. The van der Waals surface area contributed by atoms with Gasteiger partial charge in [0.1, 0.15) is 23.1 Å². The lowest BCUT2D eigenvalue weighted by molar-refractivity contribution is -0.116. The van der Waals surface area contributed by atoms with Crippen molar-refractivity contribution in [2.45, 2.75) is 50.5 Å². The third-order valence-corrected chi connectivity index (χ3v) is 7.23. The number of benzene rings is 2. The second kappa shape index (κ2) is 9.89. The molecule has 6 nitrogen and oxygen atoms in total. The Morgan fingerprint density at radius 2 is 1.68 bits per heavy atom. The zero-order valence-electron chi connectivity index (χ0n) is 19.4. The highest BCUT2D eigenvalue weighted by molar-refractivity contribution is 7.91. The van der Waals surface area contributed by atoms with Gasteiger partial charge < -0.3 is 9.88 Å². The van der Waals surface area contributed by atoms with E-state index >= 15 is 0 Å². The molecule has 2 aromatic carbocycles. The first-order valence-corrected chi connectivity index (χ1v) is 12.2. The topological polar surface area (TPSA) is 85.2 Å². The van der Waals surface area contributed by atoms with Crippen LogP contribution in [0.3, 0.4) is 0 Å². The molecule has 3 rings (SSSR count). The third kappa shape index (κ3) is 5.41. The van der Waals surface area contributed by atoms with Gasteiger partial charge in [-0.2, -0.15) is 0 Å². The molecule has 0 saturated carbocycles. The maximum atomic E-state index is 13.9. The SMILES string of the molecule is Cc1cc(C)n(CC(=O)Nc2ccc(F)cc2F)c(=O)c1S(=O)(=O)c1ccc(CC(C)C)cc1. The highest BCUT2D eigenvalue weighted by atomic mass is 32.2. The van der Waals surface area contributed by atoms with Crippen molar-refractivity contribution in [2.24, 2.45) is 5.92 Å². The second-order valence-electron chi connectivity index (χ2n) is 8.61. The number of aromatic nitrogens is 1. The number of hydrogen-bond donors (Lipinski definition) is 1. The number of nitrogens with zero attached hydrogens (tertiary/aromatic N) is 1. The number of anilines is 1. The summed E-state index contributed by atoms with van der Waals surface area (Å²) >= 11 is 0. The Balaban J connectivity index is 1.96. The van der Waals surface area contributed by atoms with Gasteiger partial charge >= 0.3 is 0 Å². The van der Waals surface area contributed by atoms with E-state index in [1.807, 2.05) is 0 Å². The zero-order chi connectivity index (χ0) is 25.2. The fraction of sp³-hybridized carbons (Fsp3) is 0.280. The molecule has 1 N–H and O–H groups in total. The molecule has 0 aliphatic rings. The first kappa shape index (κ1) is 25.3. The predicted molar refractivity (Wildman–Crippen MR) is 126 cm³/mol. The quantitative estimate of drug-likeness (QED) is 0.534. The molecule has 1 aromatic heterocycles. The predicted octanol–water partition coefficient (Wildman–Crippen LogP) is 4.41. The molecule has 1 heterocycles. The lowest BCUT2D eigenvalue weighted by Gasteiger charge is -2.15. The van der Waals surface area contributed by atoms with Gasteiger partial charge in [-0.05, 0) is 67.6 Å². The van der Waals surface area contributed by atoms with Crippen molar-refractivity contribution in [1.29, 1.82) is 0 Å². The lowest BCUT2D eigenvalue weighted by atomic mass is 10.0. The van der Waals surface area contributed by atoms with Gasteiger partial charge in [-0.15, -0.1) is 0 Å². The van der Waals surface area contributed by atoms with Crippen molar-refractivity contribution in [1.82, 2.24) is 4.57 Å². The van der Waals surface area contributed by atoms with E-state index in [4.69, 9.17) is 0 Å². The standard InChI is InChI=1S/C25H26F2N2O4S/c1-15(2)11-18-5-8-20(9-6-18)34(32,33)24-16(3)12-17(4)29(25(24)31)14-23(30)28-22-10-7-19(26)13-21(22)27/h5-10,12-13,15H,11,14H2,1-4H3,(H,28,30). The number of pyridine rings is 1. The molecule has 0 radical (unpaired) electrons. The molecular weight excluding hydrogens is 462 g/mol. The summed E-state index contributed by atoms with van der Waals surface area (Å²) in [7, 11) is -4.16. The molecule has 180 valence electrons. The summed E-state index contributed by atoms with van der Waals surface area (Å²) in [6.07, 6.45) is 0.792. The molecule has 34 heavy (non-hydrogen) atoms. The van der Waals surface area contributed by atoms with E-state index in [9.17, 15) is 26.8 Å². The monoisotopic (exact) mass is 488 g/mol. The average Bonchev–Trinajstić information content (AvgIpc) is 2.73. The lowest BCUT2D eigenvalue weighted by Crippen LogP contribution is -2.33. The van der Waals surface area contributed by atoms with Crippen LogP contribution in [0.2, 0.25) is 0 Å². The molecular formula is C25H26F2N2O4S. The Morgan fingerprint density at radius 1 is 1.03 bits per heavy atom. The van der Waals surface area contributed by atoms with Gasteiger partial charge in [0.05, 0.1) is 10.6 Å². The van der Waals surface area contributed by atoms with E-state index in [0.29, 0.717) is 17.7 Å². The van der Waals surface area contributed by atoms with Crippen LogP contribution >= 0.6 is 0 Å². The Kier molecular flexibility index (Phi) is 7.35. The van der Waals surface area contributed by atoms with Crippen LogP contribution in [0.4, 0.5) is 14.5 Å². The molecule has 3 aromatic rings. The number of rotatable bonds is 7. The van der Waals surface area contributed by atoms with Crippen molar-refractivity contribution in [2.75, 3.05) is 5.32 Å². The van der Waals surface area contributed by atoms with Crippen LogP contribution in [0.15, 0.2) is 63.1 Å². The molecule has 0 aliphatic carbocycles. The number of nitrogens with one attached hydrogen (secondary N) is 1. The van der Waals surface area contributed by atoms with Gasteiger partial charge in [-0.25, -0.2) is 17.2 Å². The summed E-state index contributed by atoms with van der Waals surface area (Å²) in [5, 5.41) is 2.28. The van der Waals surface area contributed by atoms with Gasteiger partial charge in [0, 0.05) is 11.8 Å². The minimum atomic E-state index is -4.16. The molecule has 1 amide bonds. The first-order valence-electron chi connectivity index (χ1n) is 10.7. The number of carbonyl (C=O) groups excluding carboxylic acids is 1. The highest BCUT2D eigenvalue weighted by Gasteiger charge is 2.26. The summed E-state index contributed by atoms with van der Waals surface area (Å²) in [5.74, 6) is -2.12. The van der Waals surface area contributed by atoms with Crippen molar-refractivity contribution >= 4 is 21.4 Å². The Bertz CT molecular complexity index is 1400. The van der Waals surface area contributed by atoms with Crippen LogP contribution in [0.1, 0.15) is 30.7 Å². The van der Waals surface area contributed by atoms with Crippen LogP contribution in [-0.2, 0) is 27.6 Å². The molecule has 0 aliphatic heterocycles. The zero-order valence-corrected chi connectivity index (χ0v) is 20.2. The minimum Gasteiger partial charge on any atom is -0.322 e. The number of aryl methyl sites for hydroxylation is 2. The fourth-order valence-electron chi connectivity index (χ4n) is 3.75. The van der Waals surface area contributed by atoms with Gasteiger partial charge in [0.2, 0.25) is 15.7 Å². The van der Waals surface area contributed by atoms with Gasteiger partial charge in [-0.3, -0.25) is 9.59 Å². The summed E-state index contributed by atoms with van der Waals surface area (Å²) < 4.78 is 54.6. The Labute approximate surface area is 197 Å². The molecule has 0 spiro atoms. The van der Waals surface area contributed by atoms with Crippen LogP contribution in [0, 0.1) is 31.4 Å². The number of sulfone groups is 1. The number of halogens is 2. The largest absolute Gasteiger partial charge is 0.322 e. The molecule has 9 heteroatoms. The van der Waals surface area contributed by atoms with E-state index in [1.54, 1.807) is 19.1 Å². The van der Waals surface area contributed by atoms with Crippen LogP contribution in [-0.4, -0.2) is 18.9 Å². The van der Waals surface area contributed by atoms with Gasteiger partial charge in [-0.1, -0.05) is 26.0 Å². The summed E-state index contributed by atoms with van der Waals surface area (Å²) in [4.78, 5) is 25.3. The second-order valence-corrected chi connectivity index (χ2v) is 10.5. The molecule has 0 bridgehead atoms. The number of carbonyl (C=O) groups is 1. The minimum absolute atomic E-state index is 0.0200. The van der Waals surface area contributed by atoms with Crippen LogP contribution < -0.4 is 10.9 Å². The van der Waals surface area contributed by atoms with Gasteiger partial charge in [0.25, 0.3) is 5.56 Å². The summed E-state index contributed by atoms with van der Waals surface area (Å²) in [6.45, 7) is 6.66. The van der Waals surface area contributed by atoms with Crippen LogP contribution in [0.5, 0.6) is 0 Å². The van der Waals surface area contributed by atoms with E-state index in [1.165, 1.54) is 25.1 Å². The normalized spacial score (nSPS) is 11.6. The molecule has 0 saturated heterocycles. The summed E-state index contributed by atoms with van der Waals surface area (Å²) in [5.41, 5.74) is 0.507. The van der Waals surface area contributed by atoms with Crippen molar-refractivity contribution < 1.29 is 22.0 Å². The molecule has 0 atom stereocenters. The van der Waals surface area contributed by atoms with Crippen molar-refractivity contribution in [3.8, 4) is 0 Å². The van der Waals surface area contributed by atoms with Crippen LogP contribution in [0.25, 0.3) is 0 Å². The Hall–Kier alpha value is -3.33. The van der Waals surface area contributed by atoms with E-state index in [-0.39, 0.29) is 16.1 Å². The van der Waals surface area contributed by atoms with Crippen molar-refractivity contribution in [3.63, 3.8) is 0 Å². The third-order valence-electron chi connectivity index (χ3n) is 5.30. The smallest absolute Gasteiger partial charge is 0.270 e. The van der Waals surface area contributed by atoms with E-state index in [0.717, 1.165) is 28.7 Å². The Morgan fingerprint density at radius 3 is 2.26 bits per heavy atom. The highest BCUT2D eigenvalue weighted by Crippen LogP contribution is 2.23. The average molecular weight is 489 g/mol. The van der Waals surface area contributed by atoms with Gasteiger partial charge in [0.15, 0.2) is 0 Å². The first-order chi connectivity index (χ1) is 15.9.